The number of aliphatic hydroxyl groups is 1. The van der Waals surface area contributed by atoms with Gasteiger partial charge in [-0.05, 0) is 12.8 Å². The molecule has 492 valence electrons. The molecule has 1 amide bonds. The first-order chi connectivity index (χ1) is 40.0. The first-order valence-electron chi connectivity index (χ1n) is 37.4. The molecule has 0 radical (unpaired) electrons. The molecule has 0 rings (SSSR count). The van der Waals surface area contributed by atoms with Gasteiger partial charge in [0.2, 0.25) is 5.91 Å². The van der Waals surface area contributed by atoms with Crippen molar-refractivity contribution in [3.8, 4) is 0 Å². The van der Waals surface area contributed by atoms with Crippen LogP contribution in [0.4, 0.5) is 0 Å². The van der Waals surface area contributed by atoms with E-state index in [1.165, 1.54) is 347 Å². The van der Waals surface area contributed by atoms with Crippen LogP contribution >= 0.6 is 7.82 Å². The number of rotatable bonds is 71. The number of phosphoric ester groups is 1. The van der Waals surface area contributed by atoms with Gasteiger partial charge in [-0.2, -0.15) is 0 Å². The van der Waals surface area contributed by atoms with Gasteiger partial charge in [0.15, 0.2) is 0 Å². The largest absolute Gasteiger partial charge is 0.472 e. The summed E-state index contributed by atoms with van der Waals surface area (Å²) in [6.45, 7) is 4.97. The van der Waals surface area contributed by atoms with Crippen LogP contribution in [0.1, 0.15) is 412 Å². The highest BCUT2D eigenvalue weighted by atomic mass is 31.2. The predicted octanol–water partition coefficient (Wildman–Crippen LogP) is 23.9. The Morgan fingerprint density at radius 2 is 0.585 bits per heavy atom. The van der Waals surface area contributed by atoms with E-state index in [0.717, 1.165) is 38.5 Å². The summed E-state index contributed by atoms with van der Waals surface area (Å²) in [6, 6.07) is -0.757. The van der Waals surface area contributed by atoms with Crippen LogP contribution in [0.2, 0.25) is 0 Å². The number of amides is 1. The zero-order valence-electron chi connectivity index (χ0n) is 56.5. The van der Waals surface area contributed by atoms with Gasteiger partial charge in [0.1, 0.15) is 13.2 Å². The topological polar surface area (TPSA) is 105 Å². The molecule has 0 fully saturated rings. The van der Waals surface area contributed by atoms with Gasteiger partial charge in [0, 0.05) is 6.42 Å². The number of nitrogens with zero attached hydrogens (tertiary/aromatic N) is 1. The van der Waals surface area contributed by atoms with E-state index in [0.29, 0.717) is 23.9 Å². The van der Waals surface area contributed by atoms with Gasteiger partial charge < -0.3 is 19.8 Å². The summed E-state index contributed by atoms with van der Waals surface area (Å²) in [5, 5.41) is 14.2. The molecule has 0 aliphatic heterocycles. The number of phosphoric acid groups is 1. The molecule has 8 nitrogen and oxygen atoms in total. The van der Waals surface area contributed by atoms with Crippen molar-refractivity contribution in [3.05, 3.63) is 0 Å². The highest BCUT2D eigenvalue weighted by Crippen LogP contribution is 2.43. The monoisotopic (exact) mass is 1180 g/mol. The van der Waals surface area contributed by atoms with E-state index in [4.69, 9.17) is 9.05 Å². The lowest BCUT2D eigenvalue weighted by Crippen LogP contribution is -2.46. The first kappa shape index (κ1) is 81.5. The Morgan fingerprint density at radius 3 is 0.817 bits per heavy atom. The van der Waals surface area contributed by atoms with E-state index in [1.807, 2.05) is 21.1 Å². The fourth-order valence-electron chi connectivity index (χ4n) is 12.1. The molecule has 3 atom stereocenters. The number of unbranched alkanes of at least 4 members (excludes halogenated alkanes) is 58. The smallest absolute Gasteiger partial charge is 0.391 e. The van der Waals surface area contributed by atoms with Crippen LogP contribution in [0.5, 0.6) is 0 Å². The summed E-state index contributed by atoms with van der Waals surface area (Å²) < 4.78 is 23.9. The maximum Gasteiger partial charge on any atom is 0.472 e. The van der Waals surface area contributed by atoms with Crippen LogP contribution in [-0.4, -0.2) is 73.4 Å². The maximum atomic E-state index is 13.1. The Morgan fingerprint density at radius 1 is 0.366 bits per heavy atom. The zero-order valence-corrected chi connectivity index (χ0v) is 57.4. The van der Waals surface area contributed by atoms with Gasteiger partial charge in [-0.3, -0.25) is 13.8 Å². The second kappa shape index (κ2) is 65.0. The highest BCUT2D eigenvalue weighted by molar-refractivity contribution is 7.47. The van der Waals surface area contributed by atoms with E-state index in [2.05, 4.69) is 19.2 Å². The minimum Gasteiger partial charge on any atom is -0.391 e. The second-order valence-corrected chi connectivity index (χ2v) is 28.9. The van der Waals surface area contributed by atoms with E-state index < -0.39 is 20.0 Å². The molecular formula is C73H150N2O6P+. The van der Waals surface area contributed by atoms with Gasteiger partial charge in [-0.1, -0.05) is 393 Å². The minimum absolute atomic E-state index is 0.0796. The third kappa shape index (κ3) is 67.0. The molecule has 0 saturated heterocycles. The molecule has 0 aliphatic carbocycles. The molecule has 3 unspecified atom stereocenters. The van der Waals surface area contributed by atoms with Crippen LogP contribution in [-0.2, 0) is 18.4 Å². The molecule has 0 aromatic rings. The van der Waals surface area contributed by atoms with Gasteiger partial charge in [-0.25, -0.2) is 4.57 Å². The zero-order chi connectivity index (χ0) is 59.8. The highest BCUT2D eigenvalue weighted by Gasteiger charge is 2.28. The number of hydrogen-bond donors (Lipinski definition) is 3. The molecule has 0 aromatic carbocycles. The lowest BCUT2D eigenvalue weighted by atomic mass is 10.0. The van der Waals surface area contributed by atoms with Gasteiger partial charge in [-0.15, -0.1) is 0 Å². The average molecular weight is 1180 g/mol. The Bertz CT molecular complexity index is 1300. The molecule has 0 saturated carbocycles. The normalized spacial score (nSPS) is 13.5. The molecule has 82 heavy (non-hydrogen) atoms. The standard InChI is InChI=1S/C73H149N2O6P/c1-6-8-10-12-14-16-18-20-22-24-26-28-30-32-34-36-37-38-39-40-42-44-46-48-50-52-54-56-58-60-62-64-66-72(76)71(70-81-82(78,79)80-69-68-75(3,4)5)74-73(77)67-65-63-61-59-57-55-53-51-49-47-45-43-41-35-33-31-29-27-25-23-21-19-17-15-13-11-9-7-2/h71-72,76H,6-70H2,1-5H3,(H-,74,77,78,79)/p+1. The van der Waals surface area contributed by atoms with E-state index in [9.17, 15) is 19.4 Å². The average Bonchev–Trinajstić information content (AvgIpc) is 3.47. The van der Waals surface area contributed by atoms with Crippen molar-refractivity contribution in [3.63, 3.8) is 0 Å². The number of carbonyl (C=O) groups is 1. The van der Waals surface area contributed by atoms with Crippen molar-refractivity contribution in [1.29, 1.82) is 0 Å². The summed E-state index contributed by atoms with van der Waals surface area (Å²) in [5.41, 5.74) is 0. The fourth-order valence-corrected chi connectivity index (χ4v) is 12.8. The van der Waals surface area contributed by atoms with E-state index >= 15 is 0 Å². The number of likely N-dealkylation sites (N-methyl/N-ethyl adjacent to an activating group) is 1. The molecule has 0 aromatic heterocycles. The SMILES string of the molecule is CCCCCCCCCCCCCCCCCCCCCCCCCCCCCCCCCCC(O)C(COP(=O)(O)OCC[N+](C)(C)C)NC(=O)CCCCCCCCCCCCCCCCCCCCCCCCCCCCCC. The summed E-state index contributed by atoms with van der Waals surface area (Å²) in [6.07, 6.45) is 82.3. The molecule has 9 heteroatoms. The van der Waals surface area contributed by atoms with Crippen molar-refractivity contribution in [2.24, 2.45) is 0 Å². The van der Waals surface area contributed by atoms with Gasteiger partial charge in [0.25, 0.3) is 0 Å². The Labute approximate surface area is 514 Å². The van der Waals surface area contributed by atoms with Crippen LogP contribution in [0, 0.1) is 0 Å². The van der Waals surface area contributed by atoms with Crippen molar-refractivity contribution >= 4 is 13.7 Å². The number of hydrogen-bond acceptors (Lipinski definition) is 5. The summed E-state index contributed by atoms with van der Waals surface area (Å²) in [5.74, 6) is -0.132. The predicted molar refractivity (Wildman–Crippen MR) is 360 cm³/mol. The second-order valence-electron chi connectivity index (χ2n) is 27.4. The van der Waals surface area contributed by atoms with Crippen molar-refractivity contribution < 1.29 is 32.9 Å². The van der Waals surface area contributed by atoms with Crippen molar-refractivity contribution in [2.45, 2.75) is 424 Å². The van der Waals surface area contributed by atoms with Crippen LogP contribution < -0.4 is 5.32 Å². The van der Waals surface area contributed by atoms with Crippen LogP contribution in [0.25, 0.3) is 0 Å². The van der Waals surface area contributed by atoms with Crippen molar-refractivity contribution in [2.75, 3.05) is 40.9 Å². The lowest BCUT2D eigenvalue weighted by Gasteiger charge is -2.26. The molecule has 0 spiro atoms. The molecule has 0 bridgehead atoms. The van der Waals surface area contributed by atoms with Crippen molar-refractivity contribution in [1.82, 2.24) is 5.32 Å². The molecular weight excluding hydrogens is 1030 g/mol. The third-order valence-electron chi connectivity index (χ3n) is 17.9. The Hall–Kier alpha value is -0.500. The Balaban J connectivity index is 3.94. The van der Waals surface area contributed by atoms with E-state index in [1.54, 1.807) is 0 Å². The number of quaternary nitrogens is 1. The summed E-state index contributed by atoms with van der Waals surface area (Å²) in [7, 11) is 1.64. The molecule has 0 aliphatic rings. The minimum atomic E-state index is -4.33. The first-order valence-corrected chi connectivity index (χ1v) is 38.9. The number of aliphatic hydroxyl groups excluding tert-OH is 1. The lowest BCUT2D eigenvalue weighted by molar-refractivity contribution is -0.870. The third-order valence-corrected chi connectivity index (χ3v) is 18.8. The maximum absolute atomic E-state index is 13.1. The number of nitrogens with one attached hydrogen (secondary N) is 1. The summed E-state index contributed by atoms with van der Waals surface area (Å²) >= 11 is 0. The quantitative estimate of drug-likeness (QED) is 0.0318. The number of carbonyl (C=O) groups excluding carboxylic acids is 1. The fraction of sp³-hybridized carbons (Fsp3) is 0.986. The summed E-state index contributed by atoms with van der Waals surface area (Å²) in [4.78, 5) is 23.5. The Kier molecular flexibility index (Phi) is 64.6. The van der Waals surface area contributed by atoms with Crippen LogP contribution in [0.15, 0.2) is 0 Å². The van der Waals surface area contributed by atoms with Gasteiger partial charge >= 0.3 is 7.82 Å². The van der Waals surface area contributed by atoms with Gasteiger partial charge in [0.05, 0.1) is 39.9 Å². The molecule has 0 heterocycles. The van der Waals surface area contributed by atoms with Crippen LogP contribution in [0.3, 0.4) is 0 Å². The van der Waals surface area contributed by atoms with E-state index in [-0.39, 0.29) is 19.1 Å². The molecule has 3 N–H and O–H groups in total.